The number of carbonyl (C=O) groups excluding carboxylic acids is 2. The van der Waals surface area contributed by atoms with Crippen LogP contribution in [0.25, 0.3) is 0 Å². The molecule has 2 amide bonds. The molecule has 0 bridgehead atoms. The molecule has 2 N–H and O–H groups in total. The second kappa shape index (κ2) is 9.92. The first-order chi connectivity index (χ1) is 11.7. The molecule has 1 fully saturated rings. The normalized spacial score (nSPS) is 16.9. The third-order valence-corrected chi connectivity index (χ3v) is 4.61. The lowest BCUT2D eigenvalue weighted by Gasteiger charge is -2.33. The standard InChI is InChI=1S/C19H36N4O2/c1-15(17(24)23-12-7-8-13-23)9-14-22(6)18(25)16(19(2,3)4)21-11-10-20-5/h9,16,20-21H,7-8,10-14H2,1-6H3/b15-9+. The lowest BCUT2D eigenvalue weighted by Crippen LogP contribution is -2.53. The summed E-state index contributed by atoms with van der Waals surface area (Å²) in [4.78, 5) is 28.8. The van der Waals surface area contributed by atoms with E-state index in [1.54, 1.807) is 11.9 Å². The third kappa shape index (κ3) is 6.78. The monoisotopic (exact) mass is 352 g/mol. The van der Waals surface area contributed by atoms with Crippen LogP contribution in [0.3, 0.4) is 0 Å². The molecular formula is C19H36N4O2. The van der Waals surface area contributed by atoms with E-state index in [0.29, 0.717) is 6.54 Å². The van der Waals surface area contributed by atoms with Crippen molar-refractivity contribution in [3.63, 3.8) is 0 Å². The highest BCUT2D eigenvalue weighted by Crippen LogP contribution is 2.21. The van der Waals surface area contributed by atoms with Gasteiger partial charge in [0.25, 0.3) is 0 Å². The fourth-order valence-corrected chi connectivity index (χ4v) is 2.95. The molecule has 144 valence electrons. The van der Waals surface area contributed by atoms with Crippen LogP contribution < -0.4 is 10.6 Å². The smallest absolute Gasteiger partial charge is 0.249 e. The SMILES string of the molecule is CNCCNC(C(=O)N(C)C/C=C(\C)C(=O)N1CCCC1)C(C)(C)C. The summed E-state index contributed by atoms with van der Waals surface area (Å²) in [5.41, 5.74) is 0.542. The number of hydrogen-bond donors (Lipinski definition) is 2. The van der Waals surface area contributed by atoms with E-state index in [9.17, 15) is 9.59 Å². The Balaban J connectivity index is 2.65. The van der Waals surface area contributed by atoms with Gasteiger partial charge in [0.05, 0.1) is 6.04 Å². The van der Waals surface area contributed by atoms with Gasteiger partial charge in [0.1, 0.15) is 0 Å². The summed E-state index contributed by atoms with van der Waals surface area (Å²) in [6.07, 6.45) is 4.04. The number of carbonyl (C=O) groups is 2. The zero-order valence-corrected chi connectivity index (χ0v) is 16.8. The molecule has 0 aliphatic carbocycles. The van der Waals surface area contributed by atoms with Crippen molar-refractivity contribution in [3.8, 4) is 0 Å². The molecule has 1 aliphatic heterocycles. The van der Waals surface area contributed by atoms with Crippen LogP contribution in [-0.2, 0) is 9.59 Å². The zero-order valence-electron chi connectivity index (χ0n) is 16.8. The van der Waals surface area contributed by atoms with Gasteiger partial charge in [-0.2, -0.15) is 0 Å². The fraction of sp³-hybridized carbons (Fsp3) is 0.789. The molecule has 0 aromatic rings. The first-order valence-electron chi connectivity index (χ1n) is 9.27. The van der Waals surface area contributed by atoms with Gasteiger partial charge in [-0.25, -0.2) is 0 Å². The van der Waals surface area contributed by atoms with E-state index < -0.39 is 0 Å². The van der Waals surface area contributed by atoms with Crippen LogP contribution in [0.2, 0.25) is 0 Å². The number of likely N-dealkylation sites (tertiary alicyclic amines) is 1. The minimum absolute atomic E-state index is 0.0567. The molecule has 1 rings (SSSR count). The number of hydrogen-bond acceptors (Lipinski definition) is 4. The molecule has 1 aliphatic rings. The van der Waals surface area contributed by atoms with E-state index in [1.807, 2.05) is 24.9 Å². The molecule has 0 radical (unpaired) electrons. The Hall–Kier alpha value is -1.40. The Morgan fingerprint density at radius 1 is 1.20 bits per heavy atom. The van der Waals surface area contributed by atoms with Crippen molar-refractivity contribution in [1.29, 1.82) is 0 Å². The Kier molecular flexibility index (Phi) is 8.59. The summed E-state index contributed by atoms with van der Waals surface area (Å²) < 4.78 is 0. The summed E-state index contributed by atoms with van der Waals surface area (Å²) in [5, 5.41) is 6.43. The van der Waals surface area contributed by atoms with Gasteiger partial charge in [0.2, 0.25) is 11.8 Å². The molecule has 0 aromatic carbocycles. The van der Waals surface area contributed by atoms with Crippen molar-refractivity contribution in [1.82, 2.24) is 20.4 Å². The van der Waals surface area contributed by atoms with Gasteiger partial charge in [0.15, 0.2) is 0 Å². The average Bonchev–Trinajstić information content (AvgIpc) is 3.08. The topological polar surface area (TPSA) is 64.7 Å². The van der Waals surface area contributed by atoms with E-state index in [-0.39, 0.29) is 23.3 Å². The number of amides is 2. The highest BCUT2D eigenvalue weighted by Gasteiger charge is 2.32. The fourth-order valence-electron chi connectivity index (χ4n) is 2.95. The highest BCUT2D eigenvalue weighted by atomic mass is 16.2. The van der Waals surface area contributed by atoms with Gasteiger partial charge in [-0.15, -0.1) is 0 Å². The minimum atomic E-state index is -0.256. The summed E-state index contributed by atoms with van der Waals surface area (Å²) in [5.74, 6) is 0.152. The van der Waals surface area contributed by atoms with E-state index in [2.05, 4.69) is 31.4 Å². The second-order valence-corrected chi connectivity index (χ2v) is 7.96. The van der Waals surface area contributed by atoms with E-state index >= 15 is 0 Å². The quantitative estimate of drug-likeness (QED) is 0.510. The molecule has 6 nitrogen and oxygen atoms in total. The van der Waals surface area contributed by atoms with Crippen LogP contribution in [0.5, 0.6) is 0 Å². The number of likely N-dealkylation sites (N-methyl/N-ethyl adjacent to an activating group) is 2. The number of rotatable bonds is 8. The molecule has 6 heteroatoms. The van der Waals surface area contributed by atoms with Crippen molar-refractivity contribution in [2.75, 3.05) is 46.8 Å². The van der Waals surface area contributed by atoms with E-state index in [1.165, 1.54) is 0 Å². The van der Waals surface area contributed by atoms with Gasteiger partial charge in [0, 0.05) is 45.3 Å². The predicted molar refractivity (Wildman–Crippen MR) is 102 cm³/mol. The Morgan fingerprint density at radius 3 is 2.32 bits per heavy atom. The Labute approximate surface area is 153 Å². The van der Waals surface area contributed by atoms with Crippen LogP contribution in [0.1, 0.15) is 40.5 Å². The lowest BCUT2D eigenvalue weighted by atomic mass is 9.85. The molecule has 25 heavy (non-hydrogen) atoms. The first kappa shape index (κ1) is 21.6. The summed E-state index contributed by atoms with van der Waals surface area (Å²) >= 11 is 0. The first-order valence-corrected chi connectivity index (χ1v) is 9.27. The maximum atomic E-state index is 12.8. The highest BCUT2D eigenvalue weighted by molar-refractivity contribution is 5.93. The van der Waals surface area contributed by atoms with Gasteiger partial charge in [-0.1, -0.05) is 26.8 Å². The van der Waals surface area contributed by atoms with Crippen molar-refractivity contribution >= 4 is 11.8 Å². The van der Waals surface area contributed by atoms with Gasteiger partial charge >= 0.3 is 0 Å². The summed E-state index contributed by atoms with van der Waals surface area (Å²) in [6, 6.07) is -0.256. The van der Waals surface area contributed by atoms with Crippen molar-refractivity contribution < 1.29 is 9.59 Å². The predicted octanol–water partition coefficient (Wildman–Crippen LogP) is 1.24. The number of nitrogens with one attached hydrogen (secondary N) is 2. The van der Waals surface area contributed by atoms with Crippen LogP contribution in [0, 0.1) is 5.41 Å². The molecule has 0 spiro atoms. The van der Waals surface area contributed by atoms with Gasteiger partial charge in [-0.3, -0.25) is 9.59 Å². The molecular weight excluding hydrogens is 316 g/mol. The van der Waals surface area contributed by atoms with E-state index in [4.69, 9.17) is 0 Å². The van der Waals surface area contributed by atoms with Crippen LogP contribution in [0.15, 0.2) is 11.6 Å². The third-order valence-electron chi connectivity index (χ3n) is 4.61. The summed E-state index contributed by atoms with van der Waals surface area (Å²) in [7, 11) is 3.69. The molecule has 0 aromatic heterocycles. The minimum Gasteiger partial charge on any atom is -0.341 e. The zero-order chi connectivity index (χ0) is 19.0. The van der Waals surface area contributed by atoms with Crippen LogP contribution in [-0.4, -0.2) is 74.5 Å². The summed E-state index contributed by atoms with van der Waals surface area (Å²) in [6.45, 7) is 11.7. The van der Waals surface area contributed by atoms with Crippen molar-refractivity contribution in [2.24, 2.45) is 5.41 Å². The molecule has 0 saturated carbocycles. The van der Waals surface area contributed by atoms with Crippen molar-refractivity contribution in [2.45, 2.75) is 46.6 Å². The lowest BCUT2D eigenvalue weighted by molar-refractivity contribution is -0.134. The van der Waals surface area contributed by atoms with Gasteiger partial charge < -0.3 is 20.4 Å². The molecule has 1 atom stereocenters. The maximum absolute atomic E-state index is 12.8. The molecule has 1 unspecified atom stereocenters. The average molecular weight is 353 g/mol. The molecule has 1 saturated heterocycles. The molecule has 1 heterocycles. The van der Waals surface area contributed by atoms with Crippen LogP contribution >= 0.6 is 0 Å². The van der Waals surface area contributed by atoms with E-state index in [0.717, 1.165) is 44.6 Å². The second-order valence-electron chi connectivity index (χ2n) is 7.96. The largest absolute Gasteiger partial charge is 0.341 e. The van der Waals surface area contributed by atoms with Crippen molar-refractivity contribution in [3.05, 3.63) is 11.6 Å². The number of nitrogens with zero attached hydrogens (tertiary/aromatic N) is 2. The maximum Gasteiger partial charge on any atom is 0.249 e. The van der Waals surface area contributed by atoms with Gasteiger partial charge in [-0.05, 0) is 32.2 Å². The Morgan fingerprint density at radius 2 is 1.80 bits per heavy atom. The van der Waals surface area contributed by atoms with Crippen LogP contribution in [0.4, 0.5) is 0 Å². The Bertz CT molecular complexity index is 476.